The lowest BCUT2D eigenvalue weighted by atomic mass is 10.3. The Morgan fingerprint density at radius 1 is 1.19 bits per heavy atom. The summed E-state index contributed by atoms with van der Waals surface area (Å²) >= 11 is 5.86. The van der Waals surface area contributed by atoms with Crippen molar-refractivity contribution in [2.24, 2.45) is 0 Å². The van der Waals surface area contributed by atoms with Gasteiger partial charge in [-0.25, -0.2) is 14.0 Å². The minimum atomic E-state index is -1.82. The number of carbonyl (C=O) groups is 3. The summed E-state index contributed by atoms with van der Waals surface area (Å²) < 4.78 is 18.4. The summed E-state index contributed by atoms with van der Waals surface area (Å²) in [6.07, 6.45) is 0. The predicted molar refractivity (Wildman–Crippen MR) is 95.1 cm³/mol. The molecule has 0 aliphatic heterocycles. The molecule has 0 atom stereocenters. The van der Waals surface area contributed by atoms with Crippen LogP contribution in [0.5, 0.6) is 0 Å². The van der Waals surface area contributed by atoms with E-state index in [9.17, 15) is 9.18 Å². The standard InChI is InChI=1S/C15H16ClFN2O2.C2H2O4/c1-10-3-5-12(21-10)8-19(2)9-15(20)18-14-6-4-11(17)7-13(14)16;3-1(4)2(5)6/h3-7H,8-9H2,1-2H3,(H,18,20);(H,3,4)(H,5,6). The highest BCUT2D eigenvalue weighted by Crippen LogP contribution is 2.22. The van der Waals surface area contributed by atoms with Gasteiger partial charge < -0.3 is 19.9 Å². The van der Waals surface area contributed by atoms with Crippen molar-refractivity contribution in [3.63, 3.8) is 0 Å². The van der Waals surface area contributed by atoms with Crippen molar-refractivity contribution in [2.45, 2.75) is 13.5 Å². The van der Waals surface area contributed by atoms with E-state index in [0.717, 1.165) is 17.6 Å². The zero-order valence-corrected chi connectivity index (χ0v) is 15.3. The molecule has 0 aliphatic rings. The number of hydrogen-bond donors (Lipinski definition) is 3. The van der Waals surface area contributed by atoms with Crippen LogP contribution in [-0.2, 0) is 20.9 Å². The highest BCUT2D eigenvalue weighted by Gasteiger charge is 2.11. The largest absolute Gasteiger partial charge is 0.473 e. The Morgan fingerprint density at radius 2 is 1.81 bits per heavy atom. The third-order valence-corrected chi connectivity index (χ3v) is 3.34. The lowest BCUT2D eigenvalue weighted by molar-refractivity contribution is -0.159. The van der Waals surface area contributed by atoms with Gasteiger partial charge in [0.2, 0.25) is 5.91 Å². The van der Waals surface area contributed by atoms with Gasteiger partial charge in [0.15, 0.2) is 0 Å². The summed E-state index contributed by atoms with van der Waals surface area (Å²) in [6.45, 7) is 2.57. The van der Waals surface area contributed by atoms with E-state index in [0.29, 0.717) is 12.2 Å². The number of carbonyl (C=O) groups excluding carboxylic acids is 1. The van der Waals surface area contributed by atoms with Gasteiger partial charge in [-0.05, 0) is 44.3 Å². The topological polar surface area (TPSA) is 120 Å². The molecular formula is C17H18ClFN2O6. The fraction of sp³-hybridized carbons (Fsp3) is 0.235. The van der Waals surface area contributed by atoms with E-state index in [1.807, 2.05) is 31.0 Å². The maximum atomic E-state index is 12.9. The first-order chi connectivity index (χ1) is 12.6. The van der Waals surface area contributed by atoms with Gasteiger partial charge in [0.1, 0.15) is 17.3 Å². The maximum Gasteiger partial charge on any atom is 0.414 e. The number of amides is 1. The summed E-state index contributed by atoms with van der Waals surface area (Å²) in [5.74, 6) is -2.69. The summed E-state index contributed by atoms with van der Waals surface area (Å²) in [7, 11) is 1.81. The third kappa shape index (κ3) is 8.34. The van der Waals surface area contributed by atoms with Gasteiger partial charge in [-0.15, -0.1) is 0 Å². The van der Waals surface area contributed by atoms with Crippen molar-refractivity contribution < 1.29 is 33.4 Å². The van der Waals surface area contributed by atoms with Crippen LogP contribution in [0.3, 0.4) is 0 Å². The van der Waals surface area contributed by atoms with Gasteiger partial charge in [0.25, 0.3) is 0 Å². The molecule has 10 heteroatoms. The van der Waals surface area contributed by atoms with Crippen LogP contribution in [0.4, 0.5) is 10.1 Å². The van der Waals surface area contributed by atoms with E-state index in [-0.39, 0.29) is 17.5 Å². The van der Waals surface area contributed by atoms with Crippen LogP contribution in [-0.4, -0.2) is 46.6 Å². The molecule has 0 unspecified atom stereocenters. The summed E-state index contributed by atoms with van der Waals surface area (Å²) in [6, 6.07) is 7.59. The van der Waals surface area contributed by atoms with Crippen LogP contribution < -0.4 is 5.32 Å². The number of nitrogens with one attached hydrogen (secondary N) is 1. The Labute approximate surface area is 159 Å². The molecule has 1 amide bonds. The number of halogens is 2. The Kier molecular flexibility index (Phi) is 8.43. The van der Waals surface area contributed by atoms with Gasteiger partial charge in [0, 0.05) is 0 Å². The summed E-state index contributed by atoms with van der Waals surface area (Å²) in [4.78, 5) is 31.9. The van der Waals surface area contributed by atoms with Crippen molar-refractivity contribution >= 4 is 35.1 Å². The van der Waals surface area contributed by atoms with Crippen molar-refractivity contribution in [1.82, 2.24) is 4.90 Å². The molecule has 0 saturated heterocycles. The number of furan rings is 1. The molecule has 2 rings (SSSR count). The van der Waals surface area contributed by atoms with Gasteiger partial charge >= 0.3 is 11.9 Å². The Hall–Kier alpha value is -2.91. The van der Waals surface area contributed by atoms with Gasteiger partial charge in [0.05, 0.1) is 23.8 Å². The van der Waals surface area contributed by atoms with Crippen molar-refractivity contribution in [3.05, 3.63) is 52.7 Å². The van der Waals surface area contributed by atoms with E-state index >= 15 is 0 Å². The molecule has 0 radical (unpaired) electrons. The second-order valence-corrected chi connectivity index (χ2v) is 5.87. The zero-order chi connectivity index (χ0) is 20.6. The fourth-order valence-electron chi connectivity index (χ4n) is 1.92. The third-order valence-electron chi connectivity index (χ3n) is 3.02. The van der Waals surface area contributed by atoms with E-state index in [1.165, 1.54) is 12.1 Å². The maximum absolute atomic E-state index is 12.9. The molecule has 2 aromatic rings. The lowest BCUT2D eigenvalue weighted by Gasteiger charge is -2.15. The van der Waals surface area contributed by atoms with Gasteiger partial charge in [-0.3, -0.25) is 9.69 Å². The molecule has 0 fully saturated rings. The fourth-order valence-corrected chi connectivity index (χ4v) is 2.13. The highest BCUT2D eigenvalue weighted by atomic mass is 35.5. The van der Waals surface area contributed by atoms with Crippen LogP contribution in [0.2, 0.25) is 5.02 Å². The average Bonchev–Trinajstić information content (AvgIpc) is 2.95. The molecule has 0 saturated carbocycles. The van der Waals surface area contributed by atoms with Gasteiger partial charge in [-0.1, -0.05) is 11.6 Å². The van der Waals surface area contributed by atoms with Crippen molar-refractivity contribution in [2.75, 3.05) is 18.9 Å². The minimum Gasteiger partial charge on any atom is -0.473 e. The number of carboxylic acid groups (broad SMARTS) is 2. The number of benzene rings is 1. The van der Waals surface area contributed by atoms with Crippen LogP contribution >= 0.6 is 11.6 Å². The molecule has 146 valence electrons. The summed E-state index contributed by atoms with van der Waals surface area (Å²) in [5.41, 5.74) is 0.394. The minimum absolute atomic E-state index is 0.174. The number of aliphatic carboxylic acids is 2. The van der Waals surface area contributed by atoms with Gasteiger partial charge in [-0.2, -0.15) is 0 Å². The van der Waals surface area contributed by atoms with Crippen LogP contribution in [0.1, 0.15) is 11.5 Å². The van der Waals surface area contributed by atoms with Crippen molar-refractivity contribution in [1.29, 1.82) is 0 Å². The first-order valence-corrected chi connectivity index (χ1v) is 7.91. The highest BCUT2D eigenvalue weighted by molar-refractivity contribution is 6.33. The number of aryl methyl sites for hydroxylation is 1. The quantitative estimate of drug-likeness (QED) is 0.660. The monoisotopic (exact) mass is 400 g/mol. The molecule has 0 spiro atoms. The number of rotatable bonds is 5. The molecule has 8 nitrogen and oxygen atoms in total. The van der Waals surface area contributed by atoms with E-state index in [1.54, 1.807) is 0 Å². The number of nitrogens with zero attached hydrogens (tertiary/aromatic N) is 1. The average molecular weight is 401 g/mol. The Balaban J connectivity index is 0.000000527. The Morgan fingerprint density at radius 3 is 2.30 bits per heavy atom. The molecule has 27 heavy (non-hydrogen) atoms. The number of carboxylic acids is 2. The second-order valence-electron chi connectivity index (χ2n) is 5.47. The second kappa shape index (κ2) is 10.3. The number of likely N-dealkylation sites (N-methyl/N-ethyl adjacent to an activating group) is 1. The summed E-state index contributed by atoms with van der Waals surface area (Å²) in [5, 5.41) is 17.6. The molecule has 0 bridgehead atoms. The van der Waals surface area contributed by atoms with E-state index in [2.05, 4.69) is 5.32 Å². The molecule has 0 aliphatic carbocycles. The first-order valence-electron chi connectivity index (χ1n) is 7.53. The molecule has 3 N–H and O–H groups in total. The van der Waals surface area contributed by atoms with Crippen LogP contribution in [0.15, 0.2) is 34.7 Å². The van der Waals surface area contributed by atoms with Crippen LogP contribution in [0.25, 0.3) is 0 Å². The SMILES string of the molecule is Cc1ccc(CN(C)CC(=O)Nc2ccc(F)cc2Cl)o1.O=C(O)C(=O)O. The molecule has 1 aromatic heterocycles. The Bertz CT molecular complexity index is 812. The first kappa shape index (κ1) is 22.1. The van der Waals surface area contributed by atoms with Crippen molar-refractivity contribution in [3.8, 4) is 0 Å². The molecule has 1 heterocycles. The molecule has 1 aromatic carbocycles. The predicted octanol–water partition coefficient (Wildman–Crippen LogP) is 2.61. The lowest BCUT2D eigenvalue weighted by Crippen LogP contribution is -2.29. The normalized spacial score (nSPS) is 10.1. The number of hydrogen-bond acceptors (Lipinski definition) is 5. The molecular weight excluding hydrogens is 383 g/mol. The van der Waals surface area contributed by atoms with E-state index < -0.39 is 17.8 Å². The van der Waals surface area contributed by atoms with Crippen LogP contribution in [0, 0.1) is 12.7 Å². The van der Waals surface area contributed by atoms with E-state index in [4.69, 9.17) is 35.8 Å². The smallest absolute Gasteiger partial charge is 0.414 e. The number of anilines is 1. The zero-order valence-electron chi connectivity index (χ0n) is 14.5.